The van der Waals surface area contributed by atoms with Crippen LogP contribution in [0, 0.1) is 30.2 Å². The van der Waals surface area contributed by atoms with Crippen molar-refractivity contribution in [2.75, 3.05) is 10.6 Å². The van der Waals surface area contributed by atoms with Crippen LogP contribution in [0.5, 0.6) is 0 Å². The number of amides is 1. The number of anilines is 3. The average Bonchev–Trinajstić information content (AvgIpc) is 2.60. The minimum atomic E-state index is -1.05. The third-order valence-corrected chi connectivity index (χ3v) is 3.44. The Bertz CT molecular complexity index is 1030. The maximum absolute atomic E-state index is 13.7. The Kier molecular flexibility index (Phi) is 5.02. The highest BCUT2D eigenvalue weighted by Crippen LogP contribution is 2.20. The first-order valence-electron chi connectivity index (χ1n) is 7.66. The van der Waals surface area contributed by atoms with Crippen molar-refractivity contribution >= 4 is 23.1 Å². The second-order valence-corrected chi connectivity index (χ2v) is 5.52. The Morgan fingerprint density at radius 1 is 0.889 bits per heavy atom. The lowest BCUT2D eigenvalue weighted by atomic mass is 10.2. The minimum Gasteiger partial charge on any atom is -0.340 e. The Balaban J connectivity index is 1.83. The van der Waals surface area contributed by atoms with E-state index in [1.54, 1.807) is 0 Å². The first-order chi connectivity index (χ1) is 12.8. The molecule has 138 valence electrons. The average molecular weight is 376 g/mol. The molecule has 0 fully saturated rings. The van der Waals surface area contributed by atoms with Crippen LogP contribution >= 0.6 is 0 Å². The summed E-state index contributed by atoms with van der Waals surface area (Å²) in [4.78, 5) is 20.3. The summed E-state index contributed by atoms with van der Waals surface area (Å²) in [7, 11) is 0. The summed E-state index contributed by atoms with van der Waals surface area (Å²) in [5.74, 6) is -4.14. The maximum Gasteiger partial charge on any atom is 0.274 e. The normalized spacial score (nSPS) is 10.6. The van der Waals surface area contributed by atoms with Gasteiger partial charge < -0.3 is 10.6 Å². The molecule has 0 aliphatic heterocycles. The van der Waals surface area contributed by atoms with Gasteiger partial charge >= 0.3 is 0 Å². The fraction of sp³-hybridized carbons (Fsp3) is 0.0556. The molecule has 0 bridgehead atoms. The van der Waals surface area contributed by atoms with E-state index < -0.39 is 29.2 Å². The lowest BCUT2D eigenvalue weighted by Crippen LogP contribution is -2.16. The SMILES string of the molecule is Cc1nc(Nc2ccc(F)c(F)c2)cc(C(=O)Nc2ccc(F)cc2F)n1. The summed E-state index contributed by atoms with van der Waals surface area (Å²) in [6, 6.07) is 7.14. The quantitative estimate of drug-likeness (QED) is 0.665. The number of hydrogen-bond acceptors (Lipinski definition) is 4. The Hall–Kier alpha value is -3.49. The van der Waals surface area contributed by atoms with Gasteiger partial charge in [0.15, 0.2) is 11.6 Å². The van der Waals surface area contributed by atoms with Crippen molar-refractivity contribution in [1.82, 2.24) is 9.97 Å². The van der Waals surface area contributed by atoms with E-state index in [1.165, 1.54) is 19.1 Å². The van der Waals surface area contributed by atoms with Crippen molar-refractivity contribution in [1.29, 1.82) is 0 Å². The summed E-state index contributed by atoms with van der Waals surface area (Å²) in [5.41, 5.74) is -0.105. The van der Waals surface area contributed by atoms with Crippen LogP contribution in [0.15, 0.2) is 42.5 Å². The predicted octanol–water partition coefficient (Wildman–Crippen LogP) is 4.34. The predicted molar refractivity (Wildman–Crippen MR) is 90.7 cm³/mol. The fourth-order valence-electron chi connectivity index (χ4n) is 2.25. The number of nitrogens with zero attached hydrogens (tertiary/aromatic N) is 2. The molecule has 2 aromatic carbocycles. The number of nitrogens with one attached hydrogen (secondary N) is 2. The second-order valence-electron chi connectivity index (χ2n) is 5.52. The molecule has 27 heavy (non-hydrogen) atoms. The van der Waals surface area contributed by atoms with E-state index >= 15 is 0 Å². The number of rotatable bonds is 4. The first kappa shape index (κ1) is 18.3. The van der Waals surface area contributed by atoms with Crippen molar-refractivity contribution in [3.63, 3.8) is 0 Å². The van der Waals surface area contributed by atoms with Gasteiger partial charge in [-0.1, -0.05) is 0 Å². The molecular formula is C18H12F4N4O. The van der Waals surface area contributed by atoms with Gasteiger partial charge in [0.1, 0.15) is 29.0 Å². The number of carbonyl (C=O) groups excluding carboxylic acids is 1. The van der Waals surface area contributed by atoms with Gasteiger partial charge in [0, 0.05) is 23.9 Å². The zero-order valence-electron chi connectivity index (χ0n) is 13.9. The molecule has 0 unspecified atom stereocenters. The monoisotopic (exact) mass is 376 g/mol. The number of aromatic nitrogens is 2. The molecule has 5 nitrogen and oxygen atoms in total. The zero-order valence-corrected chi connectivity index (χ0v) is 13.9. The van der Waals surface area contributed by atoms with Crippen molar-refractivity contribution < 1.29 is 22.4 Å². The van der Waals surface area contributed by atoms with Crippen molar-refractivity contribution in [3.8, 4) is 0 Å². The molecule has 2 N–H and O–H groups in total. The molecule has 1 heterocycles. The van der Waals surface area contributed by atoms with Crippen LogP contribution < -0.4 is 10.6 Å². The Morgan fingerprint density at radius 2 is 1.67 bits per heavy atom. The van der Waals surface area contributed by atoms with Crippen LogP contribution in [0.4, 0.5) is 34.8 Å². The molecule has 1 amide bonds. The second kappa shape index (κ2) is 7.40. The van der Waals surface area contributed by atoms with Crippen LogP contribution in [0.1, 0.15) is 16.3 Å². The largest absolute Gasteiger partial charge is 0.340 e. The summed E-state index contributed by atoms with van der Waals surface area (Å²) in [6.45, 7) is 1.52. The summed E-state index contributed by atoms with van der Waals surface area (Å²) < 4.78 is 52.9. The van der Waals surface area contributed by atoms with Gasteiger partial charge in [-0.15, -0.1) is 0 Å². The van der Waals surface area contributed by atoms with Gasteiger partial charge in [0.05, 0.1) is 5.69 Å². The van der Waals surface area contributed by atoms with Crippen LogP contribution in [0.3, 0.4) is 0 Å². The van der Waals surface area contributed by atoms with Crippen LogP contribution in [-0.2, 0) is 0 Å². The van der Waals surface area contributed by atoms with Gasteiger partial charge in [-0.3, -0.25) is 4.79 Å². The van der Waals surface area contributed by atoms with Crippen molar-refractivity contribution in [2.45, 2.75) is 6.92 Å². The molecule has 9 heteroatoms. The van der Waals surface area contributed by atoms with E-state index in [2.05, 4.69) is 20.6 Å². The molecular weight excluding hydrogens is 364 g/mol. The van der Waals surface area contributed by atoms with Crippen LogP contribution in [0.2, 0.25) is 0 Å². The lowest BCUT2D eigenvalue weighted by molar-refractivity contribution is 0.102. The van der Waals surface area contributed by atoms with Crippen LogP contribution in [0.25, 0.3) is 0 Å². The maximum atomic E-state index is 13.7. The van der Waals surface area contributed by atoms with Gasteiger partial charge in [0.25, 0.3) is 5.91 Å². The lowest BCUT2D eigenvalue weighted by Gasteiger charge is -2.10. The highest BCUT2D eigenvalue weighted by Gasteiger charge is 2.14. The van der Waals surface area contributed by atoms with Crippen molar-refractivity contribution in [3.05, 3.63) is 77.3 Å². The van der Waals surface area contributed by atoms with Gasteiger partial charge in [-0.2, -0.15) is 0 Å². The Morgan fingerprint density at radius 3 is 2.37 bits per heavy atom. The molecule has 1 aromatic heterocycles. The third-order valence-electron chi connectivity index (χ3n) is 3.44. The summed E-state index contributed by atoms with van der Waals surface area (Å²) >= 11 is 0. The number of halogens is 4. The summed E-state index contributed by atoms with van der Waals surface area (Å²) in [5, 5.41) is 5.01. The van der Waals surface area contributed by atoms with E-state index in [-0.39, 0.29) is 28.7 Å². The molecule has 0 aliphatic rings. The number of aryl methyl sites for hydroxylation is 1. The molecule has 0 spiro atoms. The van der Waals surface area contributed by atoms with E-state index in [0.717, 1.165) is 24.3 Å². The van der Waals surface area contributed by atoms with E-state index in [1.807, 2.05) is 0 Å². The molecule has 3 rings (SSSR count). The number of carbonyl (C=O) groups is 1. The van der Waals surface area contributed by atoms with E-state index in [0.29, 0.717) is 6.07 Å². The molecule has 0 saturated heterocycles. The zero-order chi connectivity index (χ0) is 19.6. The highest BCUT2D eigenvalue weighted by atomic mass is 19.2. The highest BCUT2D eigenvalue weighted by molar-refractivity contribution is 6.03. The van der Waals surface area contributed by atoms with Crippen LogP contribution in [-0.4, -0.2) is 15.9 Å². The van der Waals surface area contributed by atoms with E-state index in [4.69, 9.17) is 0 Å². The smallest absolute Gasteiger partial charge is 0.274 e. The molecule has 3 aromatic rings. The van der Waals surface area contributed by atoms with Gasteiger partial charge in [-0.25, -0.2) is 27.5 Å². The van der Waals surface area contributed by atoms with Crippen molar-refractivity contribution in [2.24, 2.45) is 0 Å². The standard InChI is InChI=1S/C18H12F4N4O/c1-9-23-16(18(27)26-15-5-2-10(19)6-14(15)22)8-17(24-9)25-11-3-4-12(20)13(21)7-11/h2-8H,1H3,(H,26,27)(H,23,24,25). The number of benzene rings is 2. The minimum absolute atomic E-state index is 0.101. The molecule has 0 atom stereocenters. The van der Waals surface area contributed by atoms with E-state index in [9.17, 15) is 22.4 Å². The van der Waals surface area contributed by atoms with Gasteiger partial charge in [0.2, 0.25) is 0 Å². The molecule has 0 aliphatic carbocycles. The van der Waals surface area contributed by atoms with Gasteiger partial charge in [-0.05, 0) is 31.2 Å². The first-order valence-corrected chi connectivity index (χ1v) is 7.66. The summed E-state index contributed by atoms with van der Waals surface area (Å²) in [6.07, 6.45) is 0. The topological polar surface area (TPSA) is 66.9 Å². The number of hydrogen-bond donors (Lipinski definition) is 2. The molecule has 0 saturated carbocycles. The third kappa shape index (κ3) is 4.38. The molecule has 0 radical (unpaired) electrons. The fourth-order valence-corrected chi connectivity index (χ4v) is 2.25. The Labute approximate surface area is 151 Å².